The van der Waals surface area contributed by atoms with Gasteiger partial charge in [0.2, 0.25) is 0 Å². The third kappa shape index (κ3) is 4.72. The lowest BCUT2D eigenvalue weighted by atomic mass is 10.0. The molecule has 1 aromatic rings. The minimum atomic E-state index is 0.337. The summed E-state index contributed by atoms with van der Waals surface area (Å²) in [5, 5.41) is 3.46. The molecule has 1 aromatic carbocycles. The van der Waals surface area contributed by atoms with Crippen molar-refractivity contribution in [2.75, 3.05) is 26.7 Å². The van der Waals surface area contributed by atoms with Crippen molar-refractivity contribution in [3.63, 3.8) is 0 Å². The molecule has 1 aliphatic heterocycles. The smallest absolute Gasteiger partial charge is 0.124 e. The summed E-state index contributed by atoms with van der Waals surface area (Å²) in [6.45, 7) is 7.35. The van der Waals surface area contributed by atoms with E-state index in [0.717, 1.165) is 25.3 Å². The predicted octanol–water partition coefficient (Wildman–Crippen LogP) is 3.61. The van der Waals surface area contributed by atoms with Crippen molar-refractivity contribution in [3.8, 4) is 5.75 Å². The molecular formula is C18H30N2O. The molecule has 0 spiro atoms. The normalized spacial score (nSPS) is 21.2. The van der Waals surface area contributed by atoms with Crippen molar-refractivity contribution in [2.45, 2.75) is 51.6 Å². The molecule has 3 nitrogen and oxygen atoms in total. The Kier molecular flexibility index (Phi) is 6.52. The molecule has 0 amide bonds. The molecular weight excluding hydrogens is 260 g/mol. The molecule has 0 bridgehead atoms. The summed E-state index contributed by atoms with van der Waals surface area (Å²) in [6.07, 6.45) is 5.15. The van der Waals surface area contributed by atoms with Gasteiger partial charge in [-0.2, -0.15) is 0 Å². The quantitative estimate of drug-likeness (QED) is 0.830. The van der Waals surface area contributed by atoms with Crippen molar-refractivity contribution < 1.29 is 4.74 Å². The number of para-hydroxylation sites is 1. The van der Waals surface area contributed by atoms with Gasteiger partial charge in [-0.15, -0.1) is 0 Å². The largest absolute Gasteiger partial charge is 0.493 e. The molecule has 2 atom stereocenters. The minimum Gasteiger partial charge on any atom is -0.493 e. The summed E-state index contributed by atoms with van der Waals surface area (Å²) < 4.78 is 6.09. The van der Waals surface area contributed by atoms with Gasteiger partial charge < -0.3 is 15.0 Å². The van der Waals surface area contributed by atoms with Gasteiger partial charge in [-0.05, 0) is 52.4 Å². The SMILES string of the molecule is CCNC(C)c1ccccc1OCCC1CCCCN1C. The maximum atomic E-state index is 6.09. The van der Waals surface area contributed by atoms with E-state index >= 15 is 0 Å². The molecule has 0 aromatic heterocycles. The monoisotopic (exact) mass is 290 g/mol. The molecule has 1 saturated heterocycles. The molecule has 0 radical (unpaired) electrons. The van der Waals surface area contributed by atoms with E-state index in [1.807, 2.05) is 0 Å². The second-order valence-corrected chi connectivity index (χ2v) is 6.08. The van der Waals surface area contributed by atoms with Gasteiger partial charge in [-0.25, -0.2) is 0 Å². The molecule has 2 rings (SSSR count). The van der Waals surface area contributed by atoms with Crippen LogP contribution in [0.15, 0.2) is 24.3 Å². The van der Waals surface area contributed by atoms with E-state index in [9.17, 15) is 0 Å². The van der Waals surface area contributed by atoms with Gasteiger partial charge in [0.15, 0.2) is 0 Å². The Bertz CT molecular complexity index is 421. The highest BCUT2D eigenvalue weighted by Crippen LogP contribution is 2.25. The first-order valence-corrected chi connectivity index (χ1v) is 8.37. The number of hydrogen-bond acceptors (Lipinski definition) is 3. The van der Waals surface area contributed by atoms with Crippen LogP contribution in [0.25, 0.3) is 0 Å². The van der Waals surface area contributed by atoms with E-state index in [-0.39, 0.29) is 0 Å². The lowest BCUT2D eigenvalue weighted by molar-refractivity contribution is 0.152. The number of likely N-dealkylation sites (tertiary alicyclic amines) is 1. The van der Waals surface area contributed by atoms with Gasteiger partial charge in [0.1, 0.15) is 5.75 Å². The van der Waals surface area contributed by atoms with Crippen LogP contribution in [0.4, 0.5) is 0 Å². The highest BCUT2D eigenvalue weighted by atomic mass is 16.5. The number of hydrogen-bond donors (Lipinski definition) is 1. The molecule has 1 heterocycles. The first-order chi connectivity index (χ1) is 10.2. The first kappa shape index (κ1) is 16.3. The number of nitrogens with one attached hydrogen (secondary N) is 1. The second kappa shape index (κ2) is 8.40. The summed E-state index contributed by atoms with van der Waals surface area (Å²) in [7, 11) is 2.24. The fraction of sp³-hybridized carbons (Fsp3) is 0.667. The molecule has 0 aliphatic carbocycles. The van der Waals surface area contributed by atoms with E-state index in [1.54, 1.807) is 0 Å². The molecule has 118 valence electrons. The highest BCUT2D eigenvalue weighted by molar-refractivity contribution is 5.35. The van der Waals surface area contributed by atoms with E-state index in [2.05, 4.69) is 55.4 Å². The van der Waals surface area contributed by atoms with Gasteiger partial charge >= 0.3 is 0 Å². The standard InChI is InChI=1S/C18H30N2O/c1-4-19-15(2)17-10-5-6-11-18(17)21-14-12-16-9-7-8-13-20(16)3/h5-6,10-11,15-16,19H,4,7-9,12-14H2,1-3H3. The van der Waals surface area contributed by atoms with Gasteiger partial charge in [0.05, 0.1) is 6.61 Å². The maximum Gasteiger partial charge on any atom is 0.124 e. The maximum absolute atomic E-state index is 6.09. The second-order valence-electron chi connectivity index (χ2n) is 6.08. The third-order valence-electron chi connectivity index (χ3n) is 4.53. The fourth-order valence-corrected chi connectivity index (χ4v) is 3.20. The Morgan fingerprint density at radius 1 is 1.33 bits per heavy atom. The predicted molar refractivity (Wildman–Crippen MR) is 88.9 cm³/mol. The summed E-state index contributed by atoms with van der Waals surface area (Å²) in [6, 6.07) is 9.43. The van der Waals surface area contributed by atoms with Gasteiger partial charge in [-0.1, -0.05) is 31.5 Å². The van der Waals surface area contributed by atoms with Crippen LogP contribution in [0.1, 0.15) is 51.1 Å². The minimum absolute atomic E-state index is 0.337. The van der Waals surface area contributed by atoms with Gasteiger partial charge in [-0.3, -0.25) is 0 Å². The van der Waals surface area contributed by atoms with Gasteiger partial charge in [0, 0.05) is 17.6 Å². The van der Waals surface area contributed by atoms with Crippen LogP contribution in [0.3, 0.4) is 0 Å². The summed E-state index contributed by atoms with van der Waals surface area (Å²) in [5.41, 5.74) is 1.26. The van der Waals surface area contributed by atoms with Crippen LogP contribution in [0, 0.1) is 0 Å². The van der Waals surface area contributed by atoms with Crippen LogP contribution in [0.2, 0.25) is 0 Å². The van der Waals surface area contributed by atoms with E-state index in [1.165, 1.54) is 31.4 Å². The van der Waals surface area contributed by atoms with Crippen molar-refractivity contribution in [3.05, 3.63) is 29.8 Å². The van der Waals surface area contributed by atoms with Crippen LogP contribution < -0.4 is 10.1 Å². The third-order valence-corrected chi connectivity index (χ3v) is 4.53. The molecule has 1 fully saturated rings. The van der Waals surface area contributed by atoms with Crippen LogP contribution in [-0.2, 0) is 0 Å². The Balaban J connectivity index is 1.87. The van der Waals surface area contributed by atoms with Crippen molar-refractivity contribution in [1.82, 2.24) is 10.2 Å². The number of benzene rings is 1. The summed E-state index contributed by atoms with van der Waals surface area (Å²) in [4.78, 5) is 2.49. The van der Waals surface area contributed by atoms with Gasteiger partial charge in [0.25, 0.3) is 0 Å². The summed E-state index contributed by atoms with van der Waals surface area (Å²) >= 11 is 0. The molecule has 3 heteroatoms. The van der Waals surface area contributed by atoms with Crippen LogP contribution in [0.5, 0.6) is 5.75 Å². The van der Waals surface area contributed by atoms with E-state index in [4.69, 9.17) is 4.74 Å². The topological polar surface area (TPSA) is 24.5 Å². The molecule has 1 aliphatic rings. The fourth-order valence-electron chi connectivity index (χ4n) is 3.20. The highest BCUT2D eigenvalue weighted by Gasteiger charge is 2.19. The average molecular weight is 290 g/mol. The van der Waals surface area contributed by atoms with Crippen molar-refractivity contribution >= 4 is 0 Å². The first-order valence-electron chi connectivity index (χ1n) is 8.37. The van der Waals surface area contributed by atoms with E-state index < -0.39 is 0 Å². The Morgan fingerprint density at radius 3 is 2.90 bits per heavy atom. The summed E-state index contributed by atoms with van der Waals surface area (Å²) in [5.74, 6) is 1.03. The lowest BCUT2D eigenvalue weighted by Crippen LogP contribution is -2.37. The Morgan fingerprint density at radius 2 is 2.14 bits per heavy atom. The van der Waals surface area contributed by atoms with Crippen LogP contribution in [-0.4, -0.2) is 37.7 Å². The zero-order chi connectivity index (χ0) is 15.1. The Labute approximate surface area is 129 Å². The van der Waals surface area contributed by atoms with Crippen molar-refractivity contribution in [2.24, 2.45) is 0 Å². The van der Waals surface area contributed by atoms with Crippen molar-refractivity contribution in [1.29, 1.82) is 0 Å². The lowest BCUT2D eigenvalue weighted by Gasteiger charge is -2.32. The molecule has 0 saturated carbocycles. The molecule has 2 unspecified atom stereocenters. The zero-order valence-electron chi connectivity index (χ0n) is 13.8. The van der Waals surface area contributed by atoms with Crippen LogP contribution >= 0.6 is 0 Å². The molecule has 1 N–H and O–H groups in total. The molecule has 21 heavy (non-hydrogen) atoms. The van der Waals surface area contributed by atoms with E-state index in [0.29, 0.717) is 12.1 Å². The number of ether oxygens (including phenoxy) is 1. The zero-order valence-corrected chi connectivity index (χ0v) is 13.8. The number of nitrogens with zero attached hydrogens (tertiary/aromatic N) is 1. The average Bonchev–Trinajstić information content (AvgIpc) is 2.50. The number of rotatable bonds is 7. The Hall–Kier alpha value is -1.06. The number of piperidine rings is 1.